The number of anilines is 2. The second-order valence-corrected chi connectivity index (χ2v) is 6.45. The number of thiophene rings is 1. The van der Waals surface area contributed by atoms with E-state index < -0.39 is 5.97 Å². The van der Waals surface area contributed by atoms with Crippen molar-refractivity contribution in [3.63, 3.8) is 0 Å². The third-order valence-electron chi connectivity index (χ3n) is 2.72. The maximum atomic E-state index is 11.2. The van der Waals surface area contributed by atoms with Gasteiger partial charge in [-0.1, -0.05) is 6.07 Å². The van der Waals surface area contributed by atoms with Crippen LogP contribution in [0.15, 0.2) is 33.4 Å². The monoisotopic (exact) mass is 340 g/mol. The lowest BCUT2D eigenvalue weighted by molar-refractivity contribution is 0.0697. The summed E-state index contributed by atoms with van der Waals surface area (Å²) in [4.78, 5) is 13.1. The highest BCUT2D eigenvalue weighted by Gasteiger charge is 2.16. The van der Waals surface area contributed by atoms with Gasteiger partial charge in [0, 0.05) is 13.6 Å². The van der Waals surface area contributed by atoms with Crippen molar-refractivity contribution in [1.82, 2.24) is 0 Å². The summed E-state index contributed by atoms with van der Waals surface area (Å²) < 4.78 is 1.05. The summed E-state index contributed by atoms with van der Waals surface area (Å²) in [7, 11) is 1.84. The minimum atomic E-state index is -0.972. The number of aromatic carboxylic acids is 1. The van der Waals surface area contributed by atoms with Crippen molar-refractivity contribution in [3.8, 4) is 0 Å². The summed E-state index contributed by atoms with van der Waals surface area (Å²) in [5, 5.41) is 11.2. The molecule has 1 heterocycles. The van der Waals surface area contributed by atoms with Gasteiger partial charge in [0.25, 0.3) is 0 Å². The minimum Gasteiger partial charge on any atom is -0.478 e. The zero-order chi connectivity index (χ0) is 14.0. The Balaban J connectivity index is 2.32. The van der Waals surface area contributed by atoms with Crippen molar-refractivity contribution >= 4 is 44.6 Å². The molecule has 0 unspecified atom stereocenters. The van der Waals surface area contributed by atoms with E-state index in [9.17, 15) is 9.90 Å². The Hall–Kier alpha value is -1.53. The molecule has 19 heavy (non-hydrogen) atoms. The van der Waals surface area contributed by atoms with Crippen LogP contribution in [0.25, 0.3) is 0 Å². The van der Waals surface area contributed by atoms with E-state index in [2.05, 4.69) is 15.9 Å². The Morgan fingerprint density at radius 3 is 2.84 bits per heavy atom. The molecule has 1 aromatic heterocycles. The Morgan fingerprint density at radius 1 is 1.53 bits per heavy atom. The molecule has 0 aliphatic heterocycles. The number of halogens is 1. The molecule has 0 spiro atoms. The molecule has 0 atom stereocenters. The molecular weight excluding hydrogens is 328 g/mol. The topological polar surface area (TPSA) is 66.6 Å². The van der Waals surface area contributed by atoms with Crippen LogP contribution in [-0.2, 0) is 6.54 Å². The van der Waals surface area contributed by atoms with Crippen molar-refractivity contribution in [2.24, 2.45) is 0 Å². The fraction of sp³-hybridized carbons (Fsp3) is 0.154. The zero-order valence-corrected chi connectivity index (χ0v) is 12.7. The molecule has 0 amide bonds. The van der Waals surface area contributed by atoms with Crippen molar-refractivity contribution in [1.29, 1.82) is 0 Å². The Kier molecular flexibility index (Phi) is 4.11. The van der Waals surface area contributed by atoms with Crippen LogP contribution in [0.3, 0.4) is 0 Å². The number of benzene rings is 1. The average Bonchev–Trinajstić information content (AvgIpc) is 2.74. The highest BCUT2D eigenvalue weighted by Crippen LogP contribution is 2.29. The summed E-state index contributed by atoms with van der Waals surface area (Å²) in [6.07, 6.45) is 0. The first-order valence-corrected chi connectivity index (χ1v) is 7.22. The first-order chi connectivity index (χ1) is 8.99. The van der Waals surface area contributed by atoms with Crippen LogP contribution in [0.4, 0.5) is 11.4 Å². The van der Waals surface area contributed by atoms with Gasteiger partial charge in [-0.25, -0.2) is 4.79 Å². The van der Waals surface area contributed by atoms with Gasteiger partial charge in [-0.05, 0) is 45.1 Å². The van der Waals surface area contributed by atoms with Gasteiger partial charge in [0.15, 0.2) is 0 Å². The number of nitrogen functional groups attached to an aromatic ring is 1. The van der Waals surface area contributed by atoms with Crippen LogP contribution in [-0.4, -0.2) is 18.1 Å². The fourth-order valence-corrected chi connectivity index (χ4v) is 3.14. The van der Waals surface area contributed by atoms with E-state index in [0.29, 0.717) is 17.9 Å². The van der Waals surface area contributed by atoms with Crippen LogP contribution < -0.4 is 10.6 Å². The smallest absolute Gasteiger partial charge is 0.337 e. The van der Waals surface area contributed by atoms with E-state index in [1.54, 1.807) is 29.5 Å². The molecule has 0 fully saturated rings. The number of hydrogen-bond acceptors (Lipinski definition) is 4. The van der Waals surface area contributed by atoms with Crippen molar-refractivity contribution in [2.75, 3.05) is 17.7 Å². The Bertz CT molecular complexity index is 612. The Morgan fingerprint density at radius 2 is 2.26 bits per heavy atom. The SMILES string of the molecule is CN(Cc1csc(Br)c1)c1c(N)cccc1C(=O)O. The maximum Gasteiger partial charge on any atom is 0.337 e. The largest absolute Gasteiger partial charge is 0.478 e. The molecule has 100 valence electrons. The molecule has 2 aromatic rings. The van der Waals surface area contributed by atoms with E-state index in [0.717, 1.165) is 9.35 Å². The number of carbonyl (C=O) groups is 1. The van der Waals surface area contributed by atoms with Gasteiger partial charge >= 0.3 is 5.97 Å². The van der Waals surface area contributed by atoms with Gasteiger partial charge < -0.3 is 15.7 Å². The van der Waals surface area contributed by atoms with Gasteiger partial charge in [0.2, 0.25) is 0 Å². The van der Waals surface area contributed by atoms with Crippen molar-refractivity contribution in [3.05, 3.63) is 44.6 Å². The number of para-hydroxylation sites is 1. The zero-order valence-electron chi connectivity index (χ0n) is 10.3. The van der Waals surface area contributed by atoms with E-state index in [1.807, 2.05) is 23.4 Å². The third kappa shape index (κ3) is 3.08. The van der Waals surface area contributed by atoms with Gasteiger partial charge in [-0.3, -0.25) is 0 Å². The summed E-state index contributed by atoms with van der Waals surface area (Å²) in [6, 6.07) is 6.94. The summed E-state index contributed by atoms with van der Waals surface area (Å²) >= 11 is 5.01. The molecule has 3 N–H and O–H groups in total. The molecule has 0 aliphatic carbocycles. The average molecular weight is 341 g/mol. The van der Waals surface area contributed by atoms with E-state index in [-0.39, 0.29) is 5.56 Å². The quantitative estimate of drug-likeness (QED) is 0.836. The lowest BCUT2D eigenvalue weighted by Crippen LogP contribution is -2.20. The fourth-order valence-electron chi connectivity index (χ4n) is 1.94. The molecule has 1 aromatic carbocycles. The second kappa shape index (κ2) is 5.63. The predicted octanol–water partition coefficient (Wildman–Crippen LogP) is 3.43. The van der Waals surface area contributed by atoms with Crippen LogP contribution in [0.5, 0.6) is 0 Å². The minimum absolute atomic E-state index is 0.219. The second-order valence-electron chi connectivity index (χ2n) is 4.16. The molecule has 0 bridgehead atoms. The van der Waals surface area contributed by atoms with Crippen LogP contribution in [0.2, 0.25) is 0 Å². The van der Waals surface area contributed by atoms with Crippen LogP contribution in [0.1, 0.15) is 15.9 Å². The lowest BCUT2D eigenvalue weighted by Gasteiger charge is -2.22. The van der Waals surface area contributed by atoms with E-state index in [1.165, 1.54) is 0 Å². The number of carboxylic acids is 1. The molecule has 4 nitrogen and oxygen atoms in total. The van der Waals surface area contributed by atoms with Gasteiger partial charge in [0.1, 0.15) is 0 Å². The van der Waals surface area contributed by atoms with E-state index >= 15 is 0 Å². The number of nitrogens with zero attached hydrogens (tertiary/aromatic N) is 1. The number of nitrogens with two attached hydrogens (primary N) is 1. The first-order valence-electron chi connectivity index (χ1n) is 5.55. The summed E-state index contributed by atoms with van der Waals surface area (Å²) in [6.45, 7) is 0.608. The molecule has 0 radical (unpaired) electrons. The Labute approximate surface area is 123 Å². The van der Waals surface area contributed by atoms with Crippen molar-refractivity contribution < 1.29 is 9.90 Å². The maximum absolute atomic E-state index is 11.2. The first kappa shape index (κ1) is 13.9. The molecule has 0 aliphatic rings. The van der Waals surface area contributed by atoms with Crippen molar-refractivity contribution in [2.45, 2.75) is 6.54 Å². The lowest BCUT2D eigenvalue weighted by atomic mass is 10.1. The number of carboxylic acid groups (broad SMARTS) is 1. The number of rotatable bonds is 4. The highest BCUT2D eigenvalue weighted by atomic mass is 79.9. The van der Waals surface area contributed by atoms with Crippen LogP contribution in [0, 0.1) is 0 Å². The van der Waals surface area contributed by atoms with Gasteiger partial charge in [0.05, 0.1) is 20.7 Å². The third-order valence-corrected chi connectivity index (χ3v) is 4.27. The summed E-state index contributed by atoms with van der Waals surface area (Å²) in [5.74, 6) is -0.972. The van der Waals surface area contributed by atoms with E-state index in [4.69, 9.17) is 5.73 Å². The molecule has 2 rings (SSSR count). The number of hydrogen-bond donors (Lipinski definition) is 2. The highest BCUT2D eigenvalue weighted by molar-refractivity contribution is 9.11. The summed E-state index contributed by atoms with van der Waals surface area (Å²) in [5.41, 5.74) is 8.26. The molecule has 0 saturated carbocycles. The van der Waals surface area contributed by atoms with Gasteiger partial charge in [-0.2, -0.15) is 0 Å². The molecule has 0 saturated heterocycles. The van der Waals surface area contributed by atoms with Crippen LogP contribution >= 0.6 is 27.3 Å². The molecular formula is C13H13BrN2O2S. The standard InChI is InChI=1S/C13H13BrN2O2S/c1-16(6-8-5-11(14)19-7-8)12-9(13(17)18)3-2-4-10(12)15/h2-5,7H,6,15H2,1H3,(H,17,18). The normalized spacial score (nSPS) is 10.4. The molecule has 6 heteroatoms. The predicted molar refractivity (Wildman–Crippen MR) is 81.9 cm³/mol. The van der Waals surface area contributed by atoms with Gasteiger partial charge in [-0.15, -0.1) is 11.3 Å².